The maximum atomic E-state index is 11.3. The van der Waals surface area contributed by atoms with Crippen molar-refractivity contribution >= 4 is 28.1 Å². The smallest absolute Gasteiger partial charge is 0.339 e. The van der Waals surface area contributed by atoms with Crippen molar-refractivity contribution in [1.29, 1.82) is 0 Å². The quantitative estimate of drug-likeness (QED) is 0.689. The van der Waals surface area contributed by atoms with Crippen molar-refractivity contribution in [2.45, 2.75) is 0 Å². The number of aromatic hydroxyl groups is 1. The molecule has 0 aromatic heterocycles. The standard InChI is InChI=1S/C17H12N2O3/c20-16-14(17(21)22)10-11-6-4-5-9-13(11)15(16)19-18-12-7-2-1-3-8-12/h1-10,20H,(H,21,22). The topological polar surface area (TPSA) is 82.2 Å². The van der Waals surface area contributed by atoms with Crippen LogP contribution in [0, 0.1) is 0 Å². The van der Waals surface area contributed by atoms with E-state index >= 15 is 0 Å². The van der Waals surface area contributed by atoms with Crippen molar-refractivity contribution in [3.63, 3.8) is 0 Å². The Morgan fingerprint density at radius 3 is 2.32 bits per heavy atom. The Morgan fingerprint density at radius 1 is 0.909 bits per heavy atom. The third kappa shape index (κ3) is 2.52. The average molecular weight is 292 g/mol. The lowest BCUT2D eigenvalue weighted by molar-refractivity contribution is 0.0694. The summed E-state index contributed by atoms with van der Waals surface area (Å²) in [6, 6.07) is 17.6. The molecule has 0 aliphatic heterocycles. The van der Waals surface area contributed by atoms with Gasteiger partial charge in [-0.05, 0) is 23.6 Å². The van der Waals surface area contributed by atoms with Gasteiger partial charge in [0.2, 0.25) is 0 Å². The lowest BCUT2D eigenvalue weighted by Gasteiger charge is -2.07. The number of rotatable bonds is 3. The van der Waals surface area contributed by atoms with E-state index < -0.39 is 5.97 Å². The highest BCUT2D eigenvalue weighted by molar-refractivity contribution is 6.04. The first-order valence-corrected chi connectivity index (χ1v) is 6.61. The third-order valence-corrected chi connectivity index (χ3v) is 3.25. The first-order valence-electron chi connectivity index (χ1n) is 6.61. The Labute approximate surface area is 126 Å². The molecule has 3 aromatic rings. The highest BCUT2D eigenvalue weighted by atomic mass is 16.4. The van der Waals surface area contributed by atoms with Crippen molar-refractivity contribution in [3.05, 3.63) is 66.2 Å². The fourth-order valence-electron chi connectivity index (χ4n) is 2.18. The number of carbonyl (C=O) groups is 1. The molecule has 0 saturated carbocycles. The van der Waals surface area contributed by atoms with E-state index in [2.05, 4.69) is 10.2 Å². The van der Waals surface area contributed by atoms with E-state index in [1.807, 2.05) is 18.2 Å². The lowest BCUT2D eigenvalue weighted by atomic mass is 10.0. The van der Waals surface area contributed by atoms with Crippen LogP contribution in [0.4, 0.5) is 11.4 Å². The Hall–Kier alpha value is -3.21. The first kappa shape index (κ1) is 13.8. The van der Waals surface area contributed by atoms with Gasteiger partial charge >= 0.3 is 5.97 Å². The Bertz CT molecular complexity index is 874. The van der Waals surface area contributed by atoms with Crippen molar-refractivity contribution in [3.8, 4) is 5.75 Å². The number of aromatic carboxylic acids is 1. The molecular weight excluding hydrogens is 280 g/mol. The zero-order valence-corrected chi connectivity index (χ0v) is 11.5. The van der Waals surface area contributed by atoms with E-state index in [9.17, 15) is 15.0 Å². The predicted octanol–water partition coefficient (Wildman–Crippen LogP) is 4.66. The number of phenols is 1. The van der Waals surface area contributed by atoms with Crippen molar-refractivity contribution in [2.75, 3.05) is 0 Å². The van der Waals surface area contributed by atoms with Gasteiger partial charge in [0.25, 0.3) is 0 Å². The SMILES string of the molecule is O=C(O)c1cc2ccccc2c(N=Nc2ccccc2)c1O. The van der Waals surface area contributed by atoms with Crippen molar-refractivity contribution < 1.29 is 15.0 Å². The maximum absolute atomic E-state index is 11.3. The van der Waals surface area contributed by atoms with Gasteiger partial charge in [-0.15, -0.1) is 5.11 Å². The molecule has 0 bridgehead atoms. The molecule has 0 unspecified atom stereocenters. The molecule has 2 N–H and O–H groups in total. The lowest BCUT2D eigenvalue weighted by Crippen LogP contribution is -1.97. The second-order valence-electron chi connectivity index (χ2n) is 4.68. The molecule has 22 heavy (non-hydrogen) atoms. The van der Waals surface area contributed by atoms with Gasteiger partial charge in [-0.1, -0.05) is 42.5 Å². The van der Waals surface area contributed by atoms with Gasteiger partial charge in [-0.2, -0.15) is 5.11 Å². The molecule has 0 atom stereocenters. The minimum Gasteiger partial charge on any atom is -0.505 e. The van der Waals surface area contributed by atoms with Crippen LogP contribution in [-0.4, -0.2) is 16.2 Å². The maximum Gasteiger partial charge on any atom is 0.339 e. The average Bonchev–Trinajstić information content (AvgIpc) is 2.54. The fourth-order valence-corrected chi connectivity index (χ4v) is 2.18. The van der Waals surface area contributed by atoms with E-state index in [-0.39, 0.29) is 17.0 Å². The molecule has 0 aliphatic rings. The molecule has 5 heteroatoms. The monoisotopic (exact) mass is 292 g/mol. The molecule has 108 valence electrons. The van der Waals surface area contributed by atoms with Crippen LogP contribution in [-0.2, 0) is 0 Å². The second-order valence-corrected chi connectivity index (χ2v) is 4.68. The molecule has 3 aromatic carbocycles. The Kier molecular flexibility index (Phi) is 3.53. The van der Waals surface area contributed by atoms with Crippen LogP contribution in [0.3, 0.4) is 0 Å². The Balaban J connectivity index is 2.20. The van der Waals surface area contributed by atoms with Crippen LogP contribution in [0.1, 0.15) is 10.4 Å². The van der Waals surface area contributed by atoms with Gasteiger partial charge in [-0.3, -0.25) is 0 Å². The molecule has 3 rings (SSSR count). The van der Waals surface area contributed by atoms with Gasteiger partial charge in [0.1, 0.15) is 11.3 Å². The minimum absolute atomic E-state index is 0.152. The fraction of sp³-hybridized carbons (Fsp3) is 0. The van der Waals surface area contributed by atoms with Crippen LogP contribution >= 0.6 is 0 Å². The summed E-state index contributed by atoms with van der Waals surface area (Å²) in [5, 5.41) is 28.8. The highest BCUT2D eigenvalue weighted by Gasteiger charge is 2.17. The number of fused-ring (bicyclic) bond motifs is 1. The summed E-state index contributed by atoms with van der Waals surface area (Å²) in [6.45, 7) is 0. The van der Waals surface area contributed by atoms with Gasteiger partial charge < -0.3 is 10.2 Å². The summed E-state index contributed by atoms with van der Waals surface area (Å²) in [5.41, 5.74) is 0.576. The number of hydrogen-bond donors (Lipinski definition) is 2. The number of hydrogen-bond acceptors (Lipinski definition) is 4. The van der Waals surface area contributed by atoms with Gasteiger partial charge in [0.15, 0.2) is 5.75 Å². The van der Waals surface area contributed by atoms with Crippen LogP contribution in [0.5, 0.6) is 5.75 Å². The van der Waals surface area contributed by atoms with E-state index in [4.69, 9.17) is 0 Å². The van der Waals surface area contributed by atoms with Crippen LogP contribution < -0.4 is 0 Å². The largest absolute Gasteiger partial charge is 0.505 e. The zero-order valence-electron chi connectivity index (χ0n) is 11.5. The van der Waals surface area contributed by atoms with E-state index in [1.54, 1.807) is 36.4 Å². The molecule has 5 nitrogen and oxygen atoms in total. The van der Waals surface area contributed by atoms with Crippen molar-refractivity contribution in [2.24, 2.45) is 10.2 Å². The van der Waals surface area contributed by atoms with Crippen LogP contribution in [0.15, 0.2) is 70.9 Å². The van der Waals surface area contributed by atoms with Gasteiger partial charge in [-0.25, -0.2) is 4.79 Å². The summed E-state index contributed by atoms with van der Waals surface area (Å²) in [6.07, 6.45) is 0. The summed E-state index contributed by atoms with van der Waals surface area (Å²) in [7, 11) is 0. The first-order chi connectivity index (χ1) is 10.7. The highest BCUT2D eigenvalue weighted by Crippen LogP contribution is 2.39. The zero-order chi connectivity index (χ0) is 15.5. The summed E-state index contributed by atoms with van der Waals surface area (Å²) < 4.78 is 0. The molecule has 0 fully saturated rings. The minimum atomic E-state index is -1.21. The normalized spacial score (nSPS) is 11.1. The molecule has 0 aliphatic carbocycles. The van der Waals surface area contributed by atoms with E-state index in [1.165, 1.54) is 6.07 Å². The Morgan fingerprint density at radius 2 is 1.59 bits per heavy atom. The number of carboxylic acid groups (broad SMARTS) is 1. The van der Waals surface area contributed by atoms with Gasteiger partial charge in [0, 0.05) is 5.39 Å². The molecule has 0 saturated heterocycles. The number of azo groups is 1. The third-order valence-electron chi connectivity index (χ3n) is 3.25. The molecule has 0 spiro atoms. The molecule has 0 radical (unpaired) electrons. The summed E-state index contributed by atoms with van der Waals surface area (Å²) in [4.78, 5) is 11.3. The van der Waals surface area contributed by atoms with Crippen LogP contribution in [0.25, 0.3) is 10.8 Å². The predicted molar refractivity (Wildman–Crippen MR) is 83.2 cm³/mol. The molecule has 0 amide bonds. The van der Waals surface area contributed by atoms with Crippen LogP contribution in [0.2, 0.25) is 0 Å². The van der Waals surface area contributed by atoms with Gasteiger partial charge in [0.05, 0.1) is 5.69 Å². The molecular formula is C17H12N2O3. The second kappa shape index (κ2) is 5.65. The number of carboxylic acids is 1. The summed E-state index contributed by atoms with van der Waals surface area (Å²) >= 11 is 0. The van der Waals surface area contributed by atoms with E-state index in [0.717, 1.165) is 0 Å². The van der Waals surface area contributed by atoms with Crippen molar-refractivity contribution in [1.82, 2.24) is 0 Å². The van der Waals surface area contributed by atoms with E-state index in [0.29, 0.717) is 16.5 Å². The number of nitrogens with zero attached hydrogens (tertiary/aromatic N) is 2. The molecule has 0 heterocycles. The summed E-state index contributed by atoms with van der Waals surface area (Å²) in [5.74, 6) is -1.59. The number of benzene rings is 3.